The van der Waals surface area contributed by atoms with Crippen LogP contribution in [0.4, 0.5) is 0 Å². The zero-order valence-electron chi connectivity index (χ0n) is 20.2. The Morgan fingerprint density at radius 3 is 1.37 bits per heavy atom. The number of nitrogens with two attached hydrogens (primary N) is 2. The van der Waals surface area contributed by atoms with E-state index < -0.39 is 17.4 Å². The Balaban J connectivity index is 0. The normalized spacial score (nSPS) is 12.0. The number of hydrogen-bond donors (Lipinski definition) is 5. The highest BCUT2D eigenvalue weighted by Gasteiger charge is 2.36. The molecule has 184 valence electrons. The molecule has 7 N–H and O–H groups in total. The standard InChI is InChI=1S/C10H27N3O3Si.C8H22N2O2Si/c1-14-17(15-2,16-3)10-4-6-12-8-9-13-7-5-11;1-11-13(3,12-2)8-4-6-10-7-5-9/h12-13H,4-11H2,1-3H3;10H,4-9H2,1-3H3. The Morgan fingerprint density at radius 2 is 0.967 bits per heavy atom. The van der Waals surface area contributed by atoms with Crippen LogP contribution in [0.1, 0.15) is 12.8 Å². The molecule has 0 fully saturated rings. The zero-order chi connectivity index (χ0) is 23.1. The van der Waals surface area contributed by atoms with Crippen molar-refractivity contribution in [3.8, 4) is 0 Å². The fourth-order valence-electron chi connectivity index (χ4n) is 2.56. The molecule has 0 radical (unpaired) electrons. The van der Waals surface area contributed by atoms with Crippen LogP contribution >= 0.6 is 0 Å². The summed E-state index contributed by atoms with van der Waals surface area (Å²) in [5.74, 6) is 0. The summed E-state index contributed by atoms with van der Waals surface area (Å²) in [7, 11) is 4.18. The van der Waals surface area contributed by atoms with Gasteiger partial charge >= 0.3 is 17.4 Å². The third-order valence-corrected chi connectivity index (χ3v) is 10.6. The molecule has 0 amide bonds. The number of rotatable bonds is 20. The second-order valence-corrected chi connectivity index (χ2v) is 13.5. The van der Waals surface area contributed by atoms with Crippen LogP contribution in [0.3, 0.4) is 0 Å². The van der Waals surface area contributed by atoms with Gasteiger partial charge < -0.3 is 49.5 Å². The lowest BCUT2D eigenvalue weighted by atomic mass is 10.4. The van der Waals surface area contributed by atoms with Crippen LogP contribution in [-0.2, 0) is 22.1 Å². The molecule has 0 aliphatic heterocycles. The van der Waals surface area contributed by atoms with Gasteiger partial charge in [0.1, 0.15) is 0 Å². The van der Waals surface area contributed by atoms with Crippen LogP contribution in [0.15, 0.2) is 0 Å². The van der Waals surface area contributed by atoms with E-state index in [1.54, 1.807) is 35.5 Å². The van der Waals surface area contributed by atoms with Gasteiger partial charge in [0.25, 0.3) is 0 Å². The van der Waals surface area contributed by atoms with E-state index in [1.807, 2.05) is 0 Å². The van der Waals surface area contributed by atoms with Crippen molar-refractivity contribution in [2.45, 2.75) is 31.5 Å². The maximum atomic E-state index is 5.36. The van der Waals surface area contributed by atoms with Gasteiger partial charge in [0, 0.05) is 80.9 Å². The zero-order valence-corrected chi connectivity index (χ0v) is 22.2. The second kappa shape index (κ2) is 22.2. The quantitative estimate of drug-likeness (QED) is 0.119. The minimum Gasteiger partial charge on any atom is -0.398 e. The molecule has 10 nitrogen and oxygen atoms in total. The summed E-state index contributed by atoms with van der Waals surface area (Å²) in [4.78, 5) is 0. The molecule has 0 unspecified atom stereocenters. The van der Waals surface area contributed by atoms with Crippen LogP contribution in [0.5, 0.6) is 0 Å². The van der Waals surface area contributed by atoms with Gasteiger partial charge in [0.05, 0.1) is 0 Å². The Hall–Kier alpha value is 0.0338. The van der Waals surface area contributed by atoms with Crippen molar-refractivity contribution in [1.29, 1.82) is 0 Å². The van der Waals surface area contributed by atoms with E-state index in [0.717, 1.165) is 64.2 Å². The van der Waals surface area contributed by atoms with Gasteiger partial charge in [-0.1, -0.05) is 0 Å². The first kappa shape index (κ1) is 32.2. The van der Waals surface area contributed by atoms with Gasteiger partial charge in [-0.2, -0.15) is 0 Å². The summed E-state index contributed by atoms with van der Waals surface area (Å²) in [5, 5.41) is 9.81. The fourth-order valence-corrected chi connectivity index (χ4v) is 5.68. The number of nitrogens with one attached hydrogen (secondary N) is 3. The van der Waals surface area contributed by atoms with Crippen molar-refractivity contribution in [3.63, 3.8) is 0 Å². The molecule has 0 rings (SSSR count). The summed E-state index contributed by atoms with van der Waals surface area (Å²) in [6.45, 7) is 9.04. The van der Waals surface area contributed by atoms with E-state index in [-0.39, 0.29) is 0 Å². The van der Waals surface area contributed by atoms with Gasteiger partial charge in [-0.25, -0.2) is 0 Å². The third kappa shape index (κ3) is 17.7. The highest BCUT2D eigenvalue weighted by Crippen LogP contribution is 2.14. The van der Waals surface area contributed by atoms with Gasteiger partial charge in [-0.15, -0.1) is 0 Å². The highest BCUT2D eigenvalue weighted by molar-refractivity contribution is 6.65. The van der Waals surface area contributed by atoms with Gasteiger partial charge in [-0.05, 0) is 38.5 Å². The Bertz CT molecular complexity index is 347. The van der Waals surface area contributed by atoms with Crippen molar-refractivity contribution >= 4 is 17.4 Å². The lowest BCUT2D eigenvalue weighted by molar-refractivity contribution is 0.123. The summed E-state index contributed by atoms with van der Waals surface area (Å²) in [6.07, 6.45) is 2.07. The Kier molecular flexibility index (Phi) is 23.9. The van der Waals surface area contributed by atoms with Crippen LogP contribution in [-0.4, -0.2) is 105 Å². The number of hydrogen-bond acceptors (Lipinski definition) is 10. The summed E-state index contributed by atoms with van der Waals surface area (Å²) < 4.78 is 26.7. The van der Waals surface area contributed by atoms with Crippen molar-refractivity contribution < 1.29 is 22.1 Å². The third-order valence-electron chi connectivity index (χ3n) is 4.74. The Morgan fingerprint density at radius 1 is 0.567 bits per heavy atom. The fraction of sp³-hybridized carbons (Fsp3) is 1.00. The predicted octanol–water partition coefficient (Wildman–Crippen LogP) is -0.318. The predicted molar refractivity (Wildman–Crippen MR) is 128 cm³/mol. The average Bonchev–Trinajstić information content (AvgIpc) is 2.79. The molecular weight excluding hydrogens is 422 g/mol. The van der Waals surface area contributed by atoms with Crippen LogP contribution in [0.25, 0.3) is 0 Å². The van der Waals surface area contributed by atoms with Gasteiger partial charge in [0.15, 0.2) is 0 Å². The molecule has 0 aromatic carbocycles. The molecule has 0 atom stereocenters. The summed E-state index contributed by atoms with van der Waals surface area (Å²) in [5.41, 5.74) is 10.7. The van der Waals surface area contributed by atoms with Gasteiger partial charge in [0.2, 0.25) is 0 Å². The maximum absolute atomic E-state index is 5.36. The molecule has 0 saturated carbocycles. The van der Waals surface area contributed by atoms with E-state index in [0.29, 0.717) is 13.1 Å². The minimum atomic E-state index is -2.37. The first-order valence-corrected chi connectivity index (χ1v) is 15.2. The van der Waals surface area contributed by atoms with E-state index >= 15 is 0 Å². The molecule has 0 saturated heterocycles. The van der Waals surface area contributed by atoms with E-state index in [4.69, 9.17) is 33.6 Å². The SMILES string of the molecule is CO[Si](C)(CCCNCCN)OC.CO[Si](CCCNCCNCCN)(OC)OC. The lowest BCUT2D eigenvalue weighted by Gasteiger charge is -2.24. The molecule has 30 heavy (non-hydrogen) atoms. The largest absolute Gasteiger partial charge is 0.500 e. The molecule has 0 aliphatic rings. The van der Waals surface area contributed by atoms with E-state index in [9.17, 15) is 0 Å². The van der Waals surface area contributed by atoms with Crippen molar-refractivity contribution in [2.75, 3.05) is 87.9 Å². The molecule has 0 aromatic rings. The van der Waals surface area contributed by atoms with Crippen molar-refractivity contribution in [1.82, 2.24) is 16.0 Å². The van der Waals surface area contributed by atoms with E-state index in [1.165, 1.54) is 0 Å². The molecular formula is C18H49N5O5Si2. The molecule has 0 aliphatic carbocycles. The minimum absolute atomic E-state index is 0.684. The summed E-state index contributed by atoms with van der Waals surface area (Å²) in [6, 6.07) is 1.86. The van der Waals surface area contributed by atoms with Crippen LogP contribution in [0, 0.1) is 0 Å². The first-order valence-electron chi connectivity index (χ1n) is 10.7. The first-order chi connectivity index (χ1) is 14.4. The Labute approximate surface area is 186 Å². The highest BCUT2D eigenvalue weighted by atomic mass is 28.4. The smallest absolute Gasteiger partial charge is 0.398 e. The van der Waals surface area contributed by atoms with Crippen LogP contribution in [0.2, 0.25) is 18.6 Å². The maximum Gasteiger partial charge on any atom is 0.500 e. The van der Waals surface area contributed by atoms with E-state index in [2.05, 4.69) is 22.5 Å². The van der Waals surface area contributed by atoms with Crippen LogP contribution < -0.4 is 27.4 Å². The molecule has 0 bridgehead atoms. The monoisotopic (exact) mass is 471 g/mol. The lowest BCUT2D eigenvalue weighted by Crippen LogP contribution is -2.43. The molecule has 0 heterocycles. The van der Waals surface area contributed by atoms with Crippen molar-refractivity contribution in [3.05, 3.63) is 0 Å². The molecule has 12 heteroatoms. The van der Waals surface area contributed by atoms with Crippen molar-refractivity contribution in [2.24, 2.45) is 11.5 Å². The molecule has 0 aromatic heterocycles. The average molecular weight is 472 g/mol. The molecule has 0 spiro atoms. The van der Waals surface area contributed by atoms with Gasteiger partial charge in [-0.3, -0.25) is 0 Å². The second-order valence-electron chi connectivity index (χ2n) is 6.87. The topological polar surface area (TPSA) is 134 Å². The summed E-state index contributed by atoms with van der Waals surface area (Å²) >= 11 is 0.